The van der Waals surface area contributed by atoms with Crippen LogP contribution in [0.25, 0.3) is 0 Å². The molecule has 0 saturated carbocycles. The average molecular weight is 202 g/mol. The Hall–Kier alpha value is -1.14. The number of hydrogen-bond donors (Lipinski definition) is 0. The number of nitrogens with zero attached hydrogens (tertiary/aromatic N) is 1. The molecule has 0 aliphatic rings. The molecule has 1 nitrogen and oxygen atoms in total. The Balaban J connectivity index is 3.04. The van der Waals surface area contributed by atoms with Crippen molar-refractivity contribution in [3.63, 3.8) is 0 Å². The lowest BCUT2D eigenvalue weighted by Gasteiger charge is -2.03. The van der Waals surface area contributed by atoms with Gasteiger partial charge in [-0.05, 0) is 18.6 Å². The fourth-order valence-corrected chi connectivity index (χ4v) is 1.23. The maximum atomic E-state index is 13.0. The Kier molecular flexibility index (Phi) is 3.21. The molecule has 0 aromatic heterocycles. The maximum absolute atomic E-state index is 13.0. The predicted molar refractivity (Wildman–Crippen MR) is 45.3 cm³/mol. The first kappa shape index (κ1) is 9.94. The predicted octanol–water partition coefficient (Wildman–Crippen LogP) is 3.07. The van der Waals surface area contributed by atoms with Gasteiger partial charge in [0.1, 0.15) is 11.6 Å². The summed E-state index contributed by atoms with van der Waals surface area (Å²) in [4.78, 5) is 0. The zero-order valence-corrected chi connectivity index (χ0v) is 7.41. The first-order valence-corrected chi connectivity index (χ1v) is 4.04. The van der Waals surface area contributed by atoms with Gasteiger partial charge in [-0.2, -0.15) is 5.26 Å². The fraction of sp³-hybridized carbons (Fsp3) is 0.222. The molecule has 0 N–H and O–H groups in total. The standard InChI is InChI=1S/C9H6ClF2N/c10-9-6(2-1-5-13)7(11)3-4-8(9)12/h3-4H,1-2H2. The molecule has 0 amide bonds. The molecule has 0 aliphatic carbocycles. The fourth-order valence-electron chi connectivity index (χ4n) is 0.979. The molecular formula is C9H6ClF2N. The summed E-state index contributed by atoms with van der Waals surface area (Å²) in [6.45, 7) is 0. The van der Waals surface area contributed by atoms with E-state index in [4.69, 9.17) is 16.9 Å². The van der Waals surface area contributed by atoms with Crippen molar-refractivity contribution in [2.45, 2.75) is 12.8 Å². The highest BCUT2D eigenvalue weighted by Gasteiger charge is 2.10. The summed E-state index contributed by atoms with van der Waals surface area (Å²) in [5, 5.41) is 8.04. The van der Waals surface area contributed by atoms with E-state index in [1.165, 1.54) is 0 Å². The van der Waals surface area contributed by atoms with Gasteiger partial charge in [0.2, 0.25) is 0 Å². The van der Waals surface area contributed by atoms with E-state index in [-0.39, 0.29) is 23.4 Å². The topological polar surface area (TPSA) is 23.8 Å². The van der Waals surface area contributed by atoms with Crippen LogP contribution in [0.1, 0.15) is 12.0 Å². The van der Waals surface area contributed by atoms with Crippen molar-refractivity contribution in [2.75, 3.05) is 0 Å². The van der Waals surface area contributed by atoms with Crippen LogP contribution in [0.5, 0.6) is 0 Å². The Morgan fingerprint density at radius 2 is 1.92 bits per heavy atom. The third-order valence-corrected chi connectivity index (χ3v) is 2.03. The van der Waals surface area contributed by atoms with Gasteiger partial charge in [0.05, 0.1) is 11.1 Å². The Morgan fingerprint density at radius 1 is 1.31 bits per heavy atom. The summed E-state index contributed by atoms with van der Waals surface area (Å²) in [6.07, 6.45) is 0.263. The van der Waals surface area contributed by atoms with E-state index in [0.717, 1.165) is 12.1 Å². The van der Waals surface area contributed by atoms with Crippen LogP contribution in [-0.4, -0.2) is 0 Å². The third-order valence-electron chi connectivity index (χ3n) is 1.63. The molecule has 0 bridgehead atoms. The van der Waals surface area contributed by atoms with Crippen LogP contribution >= 0.6 is 11.6 Å². The molecule has 4 heteroatoms. The van der Waals surface area contributed by atoms with Crippen LogP contribution < -0.4 is 0 Å². The van der Waals surface area contributed by atoms with Gasteiger partial charge in [-0.15, -0.1) is 0 Å². The molecule has 0 fully saturated rings. The number of benzene rings is 1. The Labute approximate surface area is 79.6 Å². The van der Waals surface area contributed by atoms with Crippen LogP contribution in [0.4, 0.5) is 8.78 Å². The van der Waals surface area contributed by atoms with Crippen molar-refractivity contribution in [3.05, 3.63) is 34.4 Å². The van der Waals surface area contributed by atoms with Gasteiger partial charge < -0.3 is 0 Å². The van der Waals surface area contributed by atoms with E-state index < -0.39 is 11.6 Å². The number of rotatable bonds is 2. The maximum Gasteiger partial charge on any atom is 0.142 e. The minimum absolute atomic E-state index is 0.0724. The first-order chi connectivity index (χ1) is 6.16. The summed E-state index contributed by atoms with van der Waals surface area (Å²) in [6, 6.07) is 3.82. The van der Waals surface area contributed by atoms with Gasteiger partial charge in [0, 0.05) is 12.0 Å². The van der Waals surface area contributed by atoms with Crippen LogP contribution in [-0.2, 0) is 6.42 Å². The molecule has 0 radical (unpaired) electrons. The second-order valence-corrected chi connectivity index (χ2v) is 2.86. The van der Waals surface area contributed by atoms with Crippen molar-refractivity contribution >= 4 is 11.6 Å². The molecule has 1 rings (SSSR count). The average Bonchev–Trinajstić information content (AvgIpc) is 2.12. The smallest absolute Gasteiger partial charge is 0.142 e. The van der Waals surface area contributed by atoms with E-state index in [0.29, 0.717) is 0 Å². The number of nitriles is 1. The molecule has 1 aromatic carbocycles. The zero-order chi connectivity index (χ0) is 9.84. The lowest BCUT2D eigenvalue weighted by atomic mass is 10.1. The summed E-state index contributed by atoms with van der Waals surface area (Å²) < 4.78 is 25.8. The van der Waals surface area contributed by atoms with Crippen LogP contribution in [0.15, 0.2) is 12.1 Å². The van der Waals surface area contributed by atoms with Crippen LogP contribution in [0.3, 0.4) is 0 Å². The second kappa shape index (κ2) is 4.20. The lowest BCUT2D eigenvalue weighted by molar-refractivity contribution is 0.585. The van der Waals surface area contributed by atoms with Gasteiger partial charge in [-0.25, -0.2) is 8.78 Å². The zero-order valence-electron chi connectivity index (χ0n) is 6.65. The van der Waals surface area contributed by atoms with Crippen molar-refractivity contribution in [3.8, 4) is 6.07 Å². The lowest BCUT2D eigenvalue weighted by Crippen LogP contribution is -1.94. The summed E-state index contributed by atoms with van der Waals surface area (Å²) in [7, 11) is 0. The molecular weight excluding hydrogens is 196 g/mol. The number of halogens is 3. The molecule has 0 heterocycles. The summed E-state index contributed by atoms with van der Waals surface area (Å²) in [5.74, 6) is -1.22. The van der Waals surface area contributed by atoms with E-state index in [2.05, 4.69) is 0 Å². The van der Waals surface area contributed by atoms with E-state index in [1.54, 1.807) is 0 Å². The van der Waals surface area contributed by atoms with E-state index in [9.17, 15) is 8.78 Å². The molecule has 68 valence electrons. The molecule has 0 aliphatic heterocycles. The van der Waals surface area contributed by atoms with Gasteiger partial charge in [0.25, 0.3) is 0 Å². The molecule has 0 saturated heterocycles. The summed E-state index contributed by atoms with van der Waals surface area (Å²) in [5.41, 5.74) is 0.0724. The highest BCUT2D eigenvalue weighted by molar-refractivity contribution is 6.31. The second-order valence-electron chi connectivity index (χ2n) is 2.48. The van der Waals surface area contributed by atoms with Crippen molar-refractivity contribution in [1.29, 1.82) is 5.26 Å². The van der Waals surface area contributed by atoms with Crippen molar-refractivity contribution in [1.82, 2.24) is 0 Å². The number of hydrogen-bond acceptors (Lipinski definition) is 1. The molecule has 0 spiro atoms. The quantitative estimate of drug-likeness (QED) is 0.675. The van der Waals surface area contributed by atoms with Gasteiger partial charge >= 0.3 is 0 Å². The van der Waals surface area contributed by atoms with Gasteiger partial charge in [0.15, 0.2) is 0 Å². The minimum atomic E-state index is -0.656. The SMILES string of the molecule is N#CCCc1c(F)ccc(F)c1Cl. The Morgan fingerprint density at radius 3 is 2.54 bits per heavy atom. The highest BCUT2D eigenvalue weighted by atomic mass is 35.5. The monoisotopic (exact) mass is 201 g/mol. The largest absolute Gasteiger partial charge is 0.207 e. The normalized spacial score (nSPS) is 9.69. The van der Waals surface area contributed by atoms with Crippen molar-refractivity contribution < 1.29 is 8.78 Å². The van der Waals surface area contributed by atoms with E-state index >= 15 is 0 Å². The van der Waals surface area contributed by atoms with Crippen LogP contribution in [0.2, 0.25) is 5.02 Å². The summed E-state index contributed by atoms with van der Waals surface area (Å²) >= 11 is 5.51. The van der Waals surface area contributed by atoms with E-state index in [1.807, 2.05) is 6.07 Å². The van der Waals surface area contributed by atoms with Gasteiger partial charge in [-0.1, -0.05) is 11.6 Å². The molecule has 13 heavy (non-hydrogen) atoms. The Bertz CT molecular complexity index is 357. The van der Waals surface area contributed by atoms with Gasteiger partial charge in [-0.3, -0.25) is 0 Å². The molecule has 0 atom stereocenters. The highest BCUT2D eigenvalue weighted by Crippen LogP contribution is 2.23. The van der Waals surface area contributed by atoms with Crippen molar-refractivity contribution in [2.24, 2.45) is 0 Å². The van der Waals surface area contributed by atoms with Crippen LogP contribution in [0, 0.1) is 23.0 Å². The third kappa shape index (κ3) is 2.16. The first-order valence-electron chi connectivity index (χ1n) is 3.66. The molecule has 1 aromatic rings. The minimum Gasteiger partial charge on any atom is -0.207 e. The molecule has 0 unspecified atom stereocenters.